The number of H-pyrrole nitrogens is 1. The van der Waals surface area contributed by atoms with E-state index in [1.807, 2.05) is 39.0 Å². The SMILES string of the molecule is CC(C)(C)C(=O)Nc1cncc(-c2cnc(N)c(C(=N)c3nc4c(-c5ccncc5)cncc4[nH]3)c2)c1. The van der Waals surface area contributed by atoms with Crippen LogP contribution in [0.1, 0.15) is 32.2 Å². The second-order valence-electron chi connectivity index (χ2n) is 9.60. The Bertz CT molecular complexity index is 1640. The monoisotopic (exact) mass is 491 g/mol. The summed E-state index contributed by atoms with van der Waals surface area (Å²) >= 11 is 0. The van der Waals surface area contributed by atoms with Crippen molar-refractivity contribution in [3.8, 4) is 22.3 Å². The lowest BCUT2D eigenvalue weighted by atomic mass is 9.95. The molecule has 5 N–H and O–H groups in total. The van der Waals surface area contributed by atoms with Crippen LogP contribution in [0.25, 0.3) is 33.3 Å². The van der Waals surface area contributed by atoms with Gasteiger partial charge >= 0.3 is 0 Å². The number of carbonyl (C=O) groups excluding carboxylic acids is 1. The normalized spacial score (nSPS) is 11.4. The van der Waals surface area contributed by atoms with Gasteiger partial charge in [-0.1, -0.05) is 20.8 Å². The number of nitrogens with one attached hydrogen (secondary N) is 3. The minimum atomic E-state index is -0.541. The molecule has 0 fully saturated rings. The van der Waals surface area contributed by atoms with Crippen LogP contribution in [0.5, 0.6) is 0 Å². The minimum Gasteiger partial charge on any atom is -0.383 e. The highest BCUT2D eigenvalue weighted by Gasteiger charge is 2.22. The molecule has 10 nitrogen and oxygen atoms in total. The topological polar surface area (TPSA) is 159 Å². The van der Waals surface area contributed by atoms with Crippen molar-refractivity contribution in [3.63, 3.8) is 0 Å². The van der Waals surface area contributed by atoms with E-state index in [-0.39, 0.29) is 17.4 Å². The van der Waals surface area contributed by atoms with Gasteiger partial charge in [0, 0.05) is 58.7 Å². The van der Waals surface area contributed by atoms with Crippen LogP contribution in [0, 0.1) is 10.8 Å². The summed E-state index contributed by atoms with van der Waals surface area (Å²) in [4.78, 5) is 37.2. The molecule has 0 aromatic carbocycles. The van der Waals surface area contributed by atoms with Crippen molar-refractivity contribution in [1.82, 2.24) is 29.9 Å². The lowest BCUT2D eigenvalue weighted by molar-refractivity contribution is -0.123. The maximum Gasteiger partial charge on any atom is 0.229 e. The van der Waals surface area contributed by atoms with Gasteiger partial charge < -0.3 is 16.0 Å². The fourth-order valence-corrected chi connectivity index (χ4v) is 3.74. The number of anilines is 2. The molecule has 0 saturated heterocycles. The van der Waals surface area contributed by atoms with E-state index in [1.54, 1.807) is 49.4 Å². The zero-order valence-electron chi connectivity index (χ0n) is 20.6. The van der Waals surface area contributed by atoms with Crippen LogP contribution < -0.4 is 11.1 Å². The number of hydrogen-bond donors (Lipinski definition) is 4. The molecule has 5 heterocycles. The van der Waals surface area contributed by atoms with Crippen LogP contribution in [0.3, 0.4) is 0 Å². The highest BCUT2D eigenvalue weighted by atomic mass is 16.2. The summed E-state index contributed by atoms with van der Waals surface area (Å²) in [5.41, 5.74) is 11.3. The van der Waals surface area contributed by atoms with Crippen LogP contribution in [0.4, 0.5) is 11.5 Å². The fourth-order valence-electron chi connectivity index (χ4n) is 3.74. The number of rotatable bonds is 5. The van der Waals surface area contributed by atoms with Crippen LogP contribution in [0.15, 0.2) is 67.6 Å². The molecule has 10 heteroatoms. The Labute approximate surface area is 213 Å². The largest absolute Gasteiger partial charge is 0.383 e. The molecule has 0 atom stereocenters. The molecule has 0 unspecified atom stereocenters. The maximum absolute atomic E-state index is 12.4. The number of nitrogens with zero attached hydrogens (tertiary/aromatic N) is 5. The Balaban J connectivity index is 1.49. The second-order valence-corrected chi connectivity index (χ2v) is 9.60. The van der Waals surface area contributed by atoms with Gasteiger partial charge in [-0.05, 0) is 29.8 Å². The molecule has 184 valence electrons. The van der Waals surface area contributed by atoms with Gasteiger partial charge in [0.25, 0.3) is 0 Å². The quantitative estimate of drug-likeness (QED) is 0.264. The van der Waals surface area contributed by atoms with E-state index >= 15 is 0 Å². The van der Waals surface area contributed by atoms with E-state index in [1.165, 1.54) is 0 Å². The molecule has 0 aliphatic carbocycles. The smallest absolute Gasteiger partial charge is 0.229 e. The predicted molar refractivity (Wildman–Crippen MR) is 143 cm³/mol. The van der Waals surface area contributed by atoms with Crippen molar-refractivity contribution >= 4 is 34.2 Å². The number of hydrogen-bond acceptors (Lipinski definition) is 8. The van der Waals surface area contributed by atoms with Gasteiger partial charge in [0.05, 0.1) is 29.1 Å². The summed E-state index contributed by atoms with van der Waals surface area (Å²) in [7, 11) is 0. The molecule has 5 aromatic rings. The molecule has 1 amide bonds. The molecule has 5 aromatic heterocycles. The first-order valence-corrected chi connectivity index (χ1v) is 11.6. The third kappa shape index (κ3) is 4.76. The minimum absolute atomic E-state index is 0.0916. The standard InChI is InChI=1S/C27H25N9O/c1-27(2,3)26(37)34-18-8-16(10-31-12-18)17-9-19(24(29)33-11-17)22(28)25-35-21-14-32-13-20(23(21)36-25)15-4-6-30-7-5-15/h4-14,28H,1-3H3,(H2,29,33)(H,34,37)(H,35,36). The molecule has 5 rings (SSSR count). The number of aromatic nitrogens is 6. The first-order valence-electron chi connectivity index (χ1n) is 11.6. The van der Waals surface area contributed by atoms with Crippen LogP contribution in [0.2, 0.25) is 0 Å². The summed E-state index contributed by atoms with van der Waals surface area (Å²) < 4.78 is 0. The highest BCUT2D eigenvalue weighted by Crippen LogP contribution is 2.28. The summed E-state index contributed by atoms with van der Waals surface area (Å²) in [6.07, 6.45) is 11.7. The summed E-state index contributed by atoms with van der Waals surface area (Å²) in [6, 6.07) is 7.35. The molecule has 0 saturated carbocycles. The third-order valence-electron chi connectivity index (χ3n) is 5.82. The molecule has 37 heavy (non-hydrogen) atoms. The number of nitrogen functional groups attached to an aromatic ring is 1. The van der Waals surface area contributed by atoms with Crippen LogP contribution in [-0.2, 0) is 4.79 Å². The van der Waals surface area contributed by atoms with Gasteiger partial charge in [0.15, 0.2) is 5.82 Å². The Hall–Kier alpha value is -4.99. The molecular weight excluding hydrogens is 466 g/mol. The molecule has 0 bridgehead atoms. The van der Waals surface area contributed by atoms with Gasteiger partial charge in [-0.25, -0.2) is 9.97 Å². The number of nitrogens with two attached hydrogens (primary N) is 1. The van der Waals surface area contributed by atoms with Crippen molar-refractivity contribution < 1.29 is 4.79 Å². The summed E-state index contributed by atoms with van der Waals surface area (Å²) in [6.45, 7) is 5.53. The fraction of sp³-hybridized carbons (Fsp3) is 0.148. The van der Waals surface area contributed by atoms with Crippen molar-refractivity contribution in [2.24, 2.45) is 5.41 Å². The van der Waals surface area contributed by atoms with Gasteiger partial charge in [-0.3, -0.25) is 25.2 Å². The maximum atomic E-state index is 12.4. The summed E-state index contributed by atoms with van der Waals surface area (Å²) in [5, 5.41) is 11.8. The highest BCUT2D eigenvalue weighted by molar-refractivity contribution is 6.13. The van der Waals surface area contributed by atoms with Crippen molar-refractivity contribution in [3.05, 3.63) is 79.0 Å². The Morgan fingerprint density at radius 3 is 2.43 bits per heavy atom. The Morgan fingerprint density at radius 1 is 0.946 bits per heavy atom. The van der Waals surface area contributed by atoms with E-state index in [0.29, 0.717) is 33.7 Å². The number of amides is 1. The molecular formula is C27H25N9O. The number of imidazole rings is 1. The van der Waals surface area contributed by atoms with Crippen LogP contribution in [-0.4, -0.2) is 41.5 Å². The Kier molecular flexibility index (Phi) is 5.92. The van der Waals surface area contributed by atoms with E-state index in [4.69, 9.17) is 16.1 Å². The van der Waals surface area contributed by atoms with Crippen LogP contribution >= 0.6 is 0 Å². The molecule has 0 radical (unpaired) electrons. The number of aromatic amines is 1. The summed E-state index contributed by atoms with van der Waals surface area (Å²) in [5.74, 6) is 0.426. The van der Waals surface area contributed by atoms with Gasteiger partial charge in [-0.2, -0.15) is 0 Å². The second kappa shape index (κ2) is 9.23. The first-order chi connectivity index (χ1) is 17.7. The van der Waals surface area contributed by atoms with E-state index in [9.17, 15) is 4.79 Å². The third-order valence-corrected chi connectivity index (χ3v) is 5.82. The number of carbonyl (C=O) groups is 1. The molecule has 0 spiro atoms. The van der Waals surface area contributed by atoms with E-state index in [2.05, 4.69) is 30.2 Å². The number of fused-ring (bicyclic) bond motifs is 1. The lowest BCUT2D eigenvalue weighted by Gasteiger charge is -2.17. The van der Waals surface area contributed by atoms with E-state index < -0.39 is 5.41 Å². The van der Waals surface area contributed by atoms with Gasteiger partial charge in [-0.15, -0.1) is 0 Å². The van der Waals surface area contributed by atoms with Gasteiger partial charge in [0.1, 0.15) is 11.5 Å². The number of pyridine rings is 4. The van der Waals surface area contributed by atoms with Gasteiger partial charge in [0.2, 0.25) is 5.91 Å². The van der Waals surface area contributed by atoms with E-state index in [0.717, 1.165) is 16.7 Å². The average Bonchev–Trinajstić information content (AvgIpc) is 3.33. The van der Waals surface area contributed by atoms with Crippen molar-refractivity contribution in [2.45, 2.75) is 20.8 Å². The Morgan fingerprint density at radius 2 is 1.68 bits per heavy atom. The molecule has 0 aliphatic heterocycles. The zero-order chi connectivity index (χ0) is 26.2. The first kappa shape index (κ1) is 23.7. The molecule has 0 aliphatic rings. The lowest BCUT2D eigenvalue weighted by Crippen LogP contribution is -2.27. The van der Waals surface area contributed by atoms with Crippen molar-refractivity contribution in [1.29, 1.82) is 5.41 Å². The zero-order valence-corrected chi connectivity index (χ0v) is 20.6. The van der Waals surface area contributed by atoms with Crippen molar-refractivity contribution in [2.75, 3.05) is 11.1 Å². The average molecular weight is 492 g/mol. The predicted octanol–water partition coefficient (Wildman–Crippen LogP) is 4.46.